The molecule has 0 bridgehead atoms. The molecule has 1 rings (SSSR count). The number of rotatable bonds is 18. The molecule has 0 saturated carbocycles. The summed E-state index contributed by atoms with van der Waals surface area (Å²) in [5.74, 6) is 0. The van der Waals surface area contributed by atoms with Gasteiger partial charge in [-0.3, -0.25) is 4.79 Å². The normalized spacial score (nSPS) is 10.8. The fourth-order valence-corrected chi connectivity index (χ4v) is 3.36. The molecule has 147 valence electrons. The second-order valence-corrected chi connectivity index (χ2v) is 7.51. The zero-order chi connectivity index (χ0) is 18.7. The van der Waals surface area contributed by atoms with Gasteiger partial charge in [0.25, 0.3) is 0 Å². The summed E-state index contributed by atoms with van der Waals surface area (Å²) in [7, 11) is 0. The standard InChI is InChI=1S/C24H40NO/c1-2-3-4-5-6-7-8-9-10-11-12-13-14-21-25-24-19-17-23(18-20-24)16-15-22-26/h17-20,25H,2-16,21H2,1H3. The van der Waals surface area contributed by atoms with Crippen LogP contribution >= 0.6 is 0 Å². The van der Waals surface area contributed by atoms with Crippen LogP contribution < -0.4 is 5.32 Å². The van der Waals surface area contributed by atoms with Crippen LogP contribution in [-0.4, -0.2) is 12.8 Å². The summed E-state index contributed by atoms with van der Waals surface area (Å²) in [5, 5.41) is 3.49. The first-order valence-electron chi connectivity index (χ1n) is 11.0. The number of unbranched alkanes of at least 4 members (excludes halogenated alkanes) is 12. The fraction of sp³-hybridized carbons (Fsp3) is 0.708. The van der Waals surface area contributed by atoms with Crippen molar-refractivity contribution in [3.8, 4) is 0 Å². The summed E-state index contributed by atoms with van der Waals surface area (Å²) in [6.45, 7) is 3.34. The molecule has 0 aliphatic heterocycles. The minimum atomic E-state index is 0.492. The maximum atomic E-state index is 10.3. The summed E-state index contributed by atoms with van der Waals surface area (Å²) in [5.41, 5.74) is 2.39. The molecule has 0 aliphatic rings. The highest BCUT2D eigenvalue weighted by Crippen LogP contribution is 2.13. The van der Waals surface area contributed by atoms with Crippen LogP contribution in [0.25, 0.3) is 0 Å². The highest BCUT2D eigenvalue weighted by molar-refractivity contribution is 5.51. The molecule has 0 unspecified atom stereocenters. The summed E-state index contributed by atoms with van der Waals surface area (Å²) < 4.78 is 0. The van der Waals surface area contributed by atoms with Crippen molar-refractivity contribution in [1.29, 1.82) is 0 Å². The number of benzene rings is 1. The molecular weight excluding hydrogens is 318 g/mol. The van der Waals surface area contributed by atoms with E-state index in [2.05, 4.69) is 36.5 Å². The van der Waals surface area contributed by atoms with Crippen LogP contribution in [0.15, 0.2) is 24.3 Å². The highest BCUT2D eigenvalue weighted by Gasteiger charge is 1.96. The lowest BCUT2D eigenvalue weighted by Gasteiger charge is -2.07. The number of aryl methyl sites for hydroxylation is 1. The molecule has 1 aromatic carbocycles. The van der Waals surface area contributed by atoms with Crippen molar-refractivity contribution in [1.82, 2.24) is 0 Å². The zero-order valence-corrected chi connectivity index (χ0v) is 17.0. The Kier molecular flexibility index (Phi) is 15.0. The molecule has 1 N–H and O–H groups in total. The van der Waals surface area contributed by atoms with Crippen LogP contribution in [0.2, 0.25) is 0 Å². The summed E-state index contributed by atoms with van der Waals surface area (Å²) in [4.78, 5) is 10.3. The lowest BCUT2D eigenvalue weighted by atomic mass is 10.0. The predicted octanol–water partition coefficient (Wildman–Crippen LogP) is 7.23. The average molecular weight is 359 g/mol. The molecule has 0 fully saturated rings. The minimum Gasteiger partial charge on any atom is -0.385 e. The summed E-state index contributed by atoms with van der Waals surface area (Å²) in [6.07, 6.45) is 21.4. The van der Waals surface area contributed by atoms with Crippen molar-refractivity contribution in [2.45, 2.75) is 103 Å². The van der Waals surface area contributed by atoms with Gasteiger partial charge in [-0.15, -0.1) is 0 Å². The SMILES string of the molecule is CCCCCCCCCCCCCCCNc1ccc(CC[C]=O)cc1. The Morgan fingerprint density at radius 2 is 1.23 bits per heavy atom. The van der Waals surface area contributed by atoms with Gasteiger partial charge in [-0.25, -0.2) is 0 Å². The maximum absolute atomic E-state index is 10.3. The van der Waals surface area contributed by atoms with Gasteiger partial charge >= 0.3 is 0 Å². The number of carbonyl (C=O) groups excluding carboxylic acids is 1. The molecule has 0 atom stereocenters. The molecule has 1 aromatic rings. The van der Waals surface area contributed by atoms with Gasteiger partial charge in [-0.2, -0.15) is 0 Å². The van der Waals surface area contributed by atoms with Crippen LogP contribution in [0, 0.1) is 0 Å². The third-order valence-electron chi connectivity index (χ3n) is 5.08. The number of nitrogens with one attached hydrogen (secondary N) is 1. The Hall–Kier alpha value is -1.31. The van der Waals surface area contributed by atoms with Gasteiger partial charge in [0.1, 0.15) is 0 Å². The van der Waals surface area contributed by atoms with Gasteiger partial charge in [0.2, 0.25) is 0 Å². The Balaban J connectivity index is 1.85. The van der Waals surface area contributed by atoms with Gasteiger partial charge in [0, 0.05) is 18.7 Å². The smallest absolute Gasteiger partial charge is 0.198 e. The van der Waals surface area contributed by atoms with E-state index in [1.165, 1.54) is 94.7 Å². The third-order valence-corrected chi connectivity index (χ3v) is 5.08. The van der Waals surface area contributed by atoms with E-state index in [1.807, 2.05) is 6.29 Å². The lowest BCUT2D eigenvalue weighted by Crippen LogP contribution is -2.01. The molecule has 2 nitrogen and oxygen atoms in total. The summed E-state index contributed by atoms with van der Waals surface area (Å²) >= 11 is 0. The molecule has 0 heterocycles. The Labute approximate surface area is 162 Å². The molecule has 0 spiro atoms. The van der Waals surface area contributed by atoms with Gasteiger partial charge in [0.15, 0.2) is 6.29 Å². The second kappa shape index (κ2) is 17.1. The number of hydrogen-bond acceptors (Lipinski definition) is 2. The monoisotopic (exact) mass is 358 g/mol. The second-order valence-electron chi connectivity index (χ2n) is 7.51. The first-order chi connectivity index (χ1) is 12.9. The Morgan fingerprint density at radius 3 is 1.73 bits per heavy atom. The minimum absolute atomic E-state index is 0.492. The van der Waals surface area contributed by atoms with Gasteiger partial charge in [-0.05, 0) is 30.5 Å². The molecule has 0 aliphatic carbocycles. The Morgan fingerprint density at radius 1 is 0.731 bits per heavy atom. The van der Waals surface area contributed by atoms with Crippen LogP contribution in [0.3, 0.4) is 0 Å². The van der Waals surface area contributed by atoms with E-state index >= 15 is 0 Å². The van der Waals surface area contributed by atoms with Crippen LogP contribution in [0.4, 0.5) is 5.69 Å². The maximum Gasteiger partial charge on any atom is 0.198 e. The van der Waals surface area contributed by atoms with Crippen molar-refractivity contribution in [3.63, 3.8) is 0 Å². The number of anilines is 1. The van der Waals surface area contributed by atoms with Crippen molar-refractivity contribution >= 4 is 12.0 Å². The van der Waals surface area contributed by atoms with Crippen molar-refractivity contribution < 1.29 is 4.79 Å². The van der Waals surface area contributed by atoms with E-state index in [0.29, 0.717) is 6.42 Å². The largest absolute Gasteiger partial charge is 0.385 e. The van der Waals surface area contributed by atoms with E-state index in [1.54, 1.807) is 0 Å². The molecule has 2 heteroatoms. The highest BCUT2D eigenvalue weighted by atomic mass is 16.1. The molecule has 0 amide bonds. The van der Waals surface area contributed by atoms with E-state index in [9.17, 15) is 4.79 Å². The van der Waals surface area contributed by atoms with Crippen LogP contribution in [0.1, 0.15) is 102 Å². The zero-order valence-electron chi connectivity index (χ0n) is 17.0. The van der Waals surface area contributed by atoms with Gasteiger partial charge in [-0.1, -0.05) is 96.1 Å². The molecule has 1 radical (unpaired) electrons. The average Bonchev–Trinajstić information content (AvgIpc) is 2.67. The van der Waals surface area contributed by atoms with Gasteiger partial charge in [0.05, 0.1) is 0 Å². The van der Waals surface area contributed by atoms with Crippen molar-refractivity contribution in [2.24, 2.45) is 0 Å². The van der Waals surface area contributed by atoms with Gasteiger partial charge < -0.3 is 5.32 Å². The predicted molar refractivity (Wildman–Crippen MR) is 115 cm³/mol. The first kappa shape index (κ1) is 22.7. The quantitative estimate of drug-likeness (QED) is 0.280. The van der Waals surface area contributed by atoms with E-state index in [4.69, 9.17) is 0 Å². The summed E-state index contributed by atoms with van der Waals surface area (Å²) in [6, 6.07) is 8.43. The molecule has 0 saturated heterocycles. The van der Waals surface area contributed by atoms with Crippen LogP contribution in [-0.2, 0) is 11.2 Å². The molecular formula is C24H40NO. The third kappa shape index (κ3) is 13.0. The Bertz CT molecular complexity index is 426. The van der Waals surface area contributed by atoms with Crippen molar-refractivity contribution in [3.05, 3.63) is 29.8 Å². The lowest BCUT2D eigenvalue weighted by molar-refractivity contribution is 0.541. The van der Waals surface area contributed by atoms with E-state index in [-0.39, 0.29) is 0 Å². The van der Waals surface area contributed by atoms with E-state index in [0.717, 1.165) is 13.0 Å². The van der Waals surface area contributed by atoms with Crippen LogP contribution in [0.5, 0.6) is 0 Å². The number of hydrogen-bond donors (Lipinski definition) is 1. The first-order valence-corrected chi connectivity index (χ1v) is 11.0. The molecule has 26 heavy (non-hydrogen) atoms. The van der Waals surface area contributed by atoms with E-state index < -0.39 is 0 Å². The molecule has 0 aromatic heterocycles. The van der Waals surface area contributed by atoms with Crippen molar-refractivity contribution in [2.75, 3.05) is 11.9 Å². The topological polar surface area (TPSA) is 29.1 Å². The fourth-order valence-electron chi connectivity index (χ4n) is 3.36.